The van der Waals surface area contributed by atoms with Gasteiger partial charge >= 0.3 is 5.97 Å². The smallest absolute Gasteiger partial charge is 0.338 e. The van der Waals surface area contributed by atoms with Crippen LogP contribution in [0.1, 0.15) is 178 Å². The molecule has 0 aliphatic rings. The highest BCUT2D eigenvalue weighted by molar-refractivity contribution is 5.88. The highest BCUT2D eigenvalue weighted by Crippen LogP contribution is 2.13. The minimum absolute atomic E-state index is 0. The van der Waals surface area contributed by atoms with E-state index in [0.29, 0.717) is 12.2 Å². The molecule has 0 aliphatic carbocycles. The van der Waals surface area contributed by atoms with Gasteiger partial charge in [-0.2, -0.15) is 0 Å². The van der Waals surface area contributed by atoms with Crippen molar-refractivity contribution >= 4 is 5.97 Å². The molecule has 0 amide bonds. The maximum Gasteiger partial charge on any atom is 0.338 e. The van der Waals surface area contributed by atoms with Crippen LogP contribution in [0, 0.1) is 0 Å². The van der Waals surface area contributed by atoms with Gasteiger partial charge in [-0.1, -0.05) is 149 Å². The van der Waals surface area contributed by atoms with E-state index in [1.54, 1.807) is 0 Å². The van der Waals surface area contributed by atoms with Gasteiger partial charge in [0.15, 0.2) is 12.4 Å². The molecule has 0 atom stereocenters. The van der Waals surface area contributed by atoms with Crippen molar-refractivity contribution in [1.29, 1.82) is 0 Å². The van der Waals surface area contributed by atoms with Gasteiger partial charge < -0.3 is 17.1 Å². The summed E-state index contributed by atoms with van der Waals surface area (Å²) >= 11 is 0. The molecular weight excluding hydrogens is 490 g/mol. The zero-order valence-electron chi connectivity index (χ0n) is 25.3. The molecule has 3 nitrogen and oxygen atoms in total. The Morgan fingerprint density at radius 3 is 1.29 bits per heavy atom. The standard InChI is InChI=1S/C34H62NO2.ClH/c1-3-5-7-9-11-13-15-16-17-18-20-22-24-26-32-37-34(36)33-27-30-35(31-28-33)29-25-23-21-19-14-12-10-8-6-4-2;/h27-28,30-31H,3-26,29,32H2,1-2H3;1H/q+1;/p-1. The van der Waals surface area contributed by atoms with Gasteiger partial charge in [0.1, 0.15) is 6.54 Å². The lowest BCUT2D eigenvalue weighted by molar-refractivity contribution is -0.697. The fraction of sp³-hybridized carbons (Fsp3) is 0.824. The topological polar surface area (TPSA) is 30.2 Å². The van der Waals surface area contributed by atoms with Crippen LogP contribution in [0.3, 0.4) is 0 Å². The molecule has 0 spiro atoms. The number of hydrogen-bond donors (Lipinski definition) is 0. The van der Waals surface area contributed by atoms with Crippen molar-refractivity contribution in [1.82, 2.24) is 0 Å². The number of ether oxygens (including phenoxy) is 1. The van der Waals surface area contributed by atoms with Gasteiger partial charge in [0.2, 0.25) is 0 Å². The average Bonchev–Trinajstić information content (AvgIpc) is 2.92. The third kappa shape index (κ3) is 22.9. The molecule has 0 saturated heterocycles. The van der Waals surface area contributed by atoms with Crippen LogP contribution >= 0.6 is 0 Å². The number of nitrogens with zero attached hydrogens (tertiary/aromatic N) is 1. The highest BCUT2D eigenvalue weighted by Gasteiger charge is 2.09. The van der Waals surface area contributed by atoms with Gasteiger partial charge in [0.05, 0.1) is 12.2 Å². The highest BCUT2D eigenvalue weighted by atomic mass is 35.5. The first-order valence-corrected chi connectivity index (χ1v) is 16.4. The number of unbranched alkanes of at least 4 members (excludes halogenated alkanes) is 22. The Morgan fingerprint density at radius 2 is 0.895 bits per heavy atom. The Bertz CT molecular complexity index is 619. The number of aromatic nitrogens is 1. The predicted octanol–water partition coefficient (Wildman–Crippen LogP) is 7.54. The Hall–Kier alpha value is -1.09. The van der Waals surface area contributed by atoms with Crippen molar-refractivity contribution in [2.45, 2.75) is 174 Å². The summed E-state index contributed by atoms with van der Waals surface area (Å²) in [6, 6.07) is 3.81. The predicted molar refractivity (Wildman–Crippen MR) is 159 cm³/mol. The van der Waals surface area contributed by atoms with E-state index >= 15 is 0 Å². The Balaban J connectivity index is 0.0000137. The Kier molecular flexibility index (Phi) is 28.1. The van der Waals surface area contributed by atoms with E-state index in [1.807, 2.05) is 24.5 Å². The zero-order valence-corrected chi connectivity index (χ0v) is 26.1. The van der Waals surface area contributed by atoms with Gasteiger partial charge in [0, 0.05) is 18.6 Å². The summed E-state index contributed by atoms with van der Waals surface area (Å²) in [4.78, 5) is 12.3. The molecule has 38 heavy (non-hydrogen) atoms. The van der Waals surface area contributed by atoms with E-state index < -0.39 is 0 Å². The molecule has 0 bridgehead atoms. The van der Waals surface area contributed by atoms with Crippen LogP contribution in [0.4, 0.5) is 0 Å². The molecule has 0 unspecified atom stereocenters. The largest absolute Gasteiger partial charge is 1.00 e. The number of hydrogen-bond acceptors (Lipinski definition) is 2. The third-order valence-corrected chi connectivity index (χ3v) is 7.63. The monoisotopic (exact) mass is 551 g/mol. The lowest BCUT2D eigenvalue weighted by Gasteiger charge is -2.05. The molecule has 1 heterocycles. The summed E-state index contributed by atoms with van der Waals surface area (Å²) in [5.41, 5.74) is 0.671. The number of esters is 1. The molecule has 1 aromatic heterocycles. The first kappa shape index (κ1) is 36.9. The van der Waals surface area contributed by atoms with Crippen LogP contribution in [0.25, 0.3) is 0 Å². The van der Waals surface area contributed by atoms with Gasteiger partial charge in [0.25, 0.3) is 0 Å². The number of rotatable bonds is 27. The summed E-state index contributed by atoms with van der Waals surface area (Å²) < 4.78 is 7.68. The molecule has 222 valence electrons. The first-order valence-electron chi connectivity index (χ1n) is 16.4. The number of pyridine rings is 1. The van der Waals surface area contributed by atoms with E-state index in [2.05, 4.69) is 18.4 Å². The van der Waals surface area contributed by atoms with Crippen molar-refractivity contribution in [3.05, 3.63) is 30.1 Å². The number of aryl methyl sites for hydroxylation is 1. The SMILES string of the molecule is CCCCCCCCCCCCCCCCOC(=O)c1cc[n+](CCCCCCCCCCCC)cc1.[Cl-]. The maximum atomic E-state index is 12.3. The fourth-order valence-corrected chi connectivity index (χ4v) is 5.07. The van der Waals surface area contributed by atoms with Crippen LogP contribution < -0.4 is 17.0 Å². The number of carbonyl (C=O) groups is 1. The summed E-state index contributed by atoms with van der Waals surface area (Å²) in [6.45, 7) is 6.14. The van der Waals surface area contributed by atoms with Gasteiger partial charge in [-0.05, 0) is 12.8 Å². The second kappa shape index (κ2) is 28.9. The van der Waals surface area contributed by atoms with E-state index in [9.17, 15) is 4.79 Å². The van der Waals surface area contributed by atoms with Crippen molar-refractivity contribution < 1.29 is 26.5 Å². The Morgan fingerprint density at radius 1 is 0.553 bits per heavy atom. The van der Waals surface area contributed by atoms with Crippen molar-refractivity contribution in [3.8, 4) is 0 Å². The molecule has 1 rings (SSSR count). The minimum Gasteiger partial charge on any atom is -1.00 e. The van der Waals surface area contributed by atoms with Crippen LogP contribution in [-0.4, -0.2) is 12.6 Å². The van der Waals surface area contributed by atoms with Crippen LogP contribution in [0.2, 0.25) is 0 Å². The van der Waals surface area contributed by atoms with Gasteiger partial charge in [-0.25, -0.2) is 9.36 Å². The minimum atomic E-state index is -0.180. The van der Waals surface area contributed by atoms with Gasteiger partial charge in [-0.3, -0.25) is 0 Å². The fourth-order valence-electron chi connectivity index (χ4n) is 5.07. The summed E-state index contributed by atoms with van der Waals surface area (Å²) in [5, 5.41) is 0. The second-order valence-corrected chi connectivity index (χ2v) is 11.2. The summed E-state index contributed by atoms with van der Waals surface area (Å²) in [7, 11) is 0. The summed E-state index contributed by atoms with van der Waals surface area (Å²) in [6.07, 6.45) is 36.4. The lowest BCUT2D eigenvalue weighted by atomic mass is 10.0. The van der Waals surface area contributed by atoms with Gasteiger partial charge in [-0.15, -0.1) is 0 Å². The average molecular weight is 552 g/mol. The summed E-state index contributed by atoms with van der Waals surface area (Å²) in [5.74, 6) is -0.180. The molecule has 0 N–H and O–H groups in total. The van der Waals surface area contributed by atoms with Crippen molar-refractivity contribution in [2.24, 2.45) is 0 Å². The number of carbonyl (C=O) groups excluding carboxylic acids is 1. The molecule has 0 radical (unpaired) electrons. The first-order chi connectivity index (χ1) is 18.3. The quantitative estimate of drug-likeness (QED) is 0.0642. The van der Waals surface area contributed by atoms with Crippen LogP contribution in [0.15, 0.2) is 24.5 Å². The molecule has 0 aromatic carbocycles. The van der Waals surface area contributed by atoms with E-state index in [4.69, 9.17) is 4.74 Å². The number of halogens is 1. The van der Waals surface area contributed by atoms with E-state index in [1.165, 1.54) is 148 Å². The van der Waals surface area contributed by atoms with Crippen molar-refractivity contribution in [2.75, 3.05) is 6.61 Å². The molecule has 0 saturated carbocycles. The molecule has 4 heteroatoms. The molecule has 1 aromatic rings. The van der Waals surface area contributed by atoms with E-state index in [0.717, 1.165) is 13.0 Å². The zero-order chi connectivity index (χ0) is 26.7. The molecule has 0 fully saturated rings. The second-order valence-electron chi connectivity index (χ2n) is 11.2. The third-order valence-electron chi connectivity index (χ3n) is 7.63. The normalized spacial score (nSPS) is 10.9. The molecule has 0 aliphatic heterocycles. The van der Waals surface area contributed by atoms with Crippen molar-refractivity contribution in [3.63, 3.8) is 0 Å². The maximum absolute atomic E-state index is 12.3. The van der Waals surface area contributed by atoms with Crippen LogP contribution in [-0.2, 0) is 11.3 Å². The van der Waals surface area contributed by atoms with Crippen LogP contribution in [0.5, 0.6) is 0 Å². The molecular formula is C34H62ClNO2. The lowest BCUT2D eigenvalue weighted by Crippen LogP contribution is -3.00. The Labute approximate surface area is 243 Å². The van der Waals surface area contributed by atoms with E-state index in [-0.39, 0.29) is 18.4 Å².